The van der Waals surface area contributed by atoms with E-state index >= 15 is 0 Å². The van der Waals surface area contributed by atoms with Gasteiger partial charge in [0.1, 0.15) is 6.20 Å². The molecule has 0 spiro atoms. The number of nitrogens with zero attached hydrogens (tertiary/aromatic N) is 3. The van der Waals surface area contributed by atoms with Gasteiger partial charge in [0.05, 0.1) is 10.4 Å². The van der Waals surface area contributed by atoms with Crippen molar-refractivity contribution in [2.75, 3.05) is 0 Å². The number of para-hydroxylation sites is 1. The van der Waals surface area contributed by atoms with Gasteiger partial charge in [-0.1, -0.05) is 18.2 Å². The van der Waals surface area contributed by atoms with Crippen molar-refractivity contribution in [1.29, 1.82) is 0 Å². The minimum absolute atomic E-state index is 0.126. The first-order valence-electron chi connectivity index (χ1n) is 4.71. The van der Waals surface area contributed by atoms with E-state index in [2.05, 4.69) is 9.98 Å². The Balaban J connectivity index is 2.84. The lowest BCUT2D eigenvalue weighted by molar-refractivity contribution is -0.384. The van der Waals surface area contributed by atoms with Crippen LogP contribution < -0.4 is 11.5 Å². The molecule has 0 radical (unpaired) electrons. The molecule has 86 valence electrons. The lowest BCUT2D eigenvalue weighted by atomic mass is 10.1. The molecule has 0 aliphatic heterocycles. The molecule has 7 nitrogen and oxygen atoms in total. The summed E-state index contributed by atoms with van der Waals surface area (Å²) in [6.07, 6.45) is 1.14. The quantitative estimate of drug-likeness (QED) is 0.346. The van der Waals surface area contributed by atoms with Crippen LogP contribution in [0.2, 0.25) is 0 Å². The molecular weight excluding hydrogens is 222 g/mol. The third-order valence-electron chi connectivity index (χ3n) is 2.17. The van der Waals surface area contributed by atoms with Crippen molar-refractivity contribution < 1.29 is 4.92 Å². The molecular formula is C10H9N5O2. The van der Waals surface area contributed by atoms with Crippen LogP contribution in [0.15, 0.2) is 35.5 Å². The summed E-state index contributed by atoms with van der Waals surface area (Å²) in [6.45, 7) is 0. The minimum atomic E-state index is -0.568. The second kappa shape index (κ2) is 4.05. The Hall–Kier alpha value is -2.70. The molecule has 1 aromatic carbocycles. The van der Waals surface area contributed by atoms with E-state index in [1.807, 2.05) is 0 Å². The van der Waals surface area contributed by atoms with Crippen LogP contribution in [-0.2, 0) is 0 Å². The highest BCUT2D eigenvalue weighted by Gasteiger charge is 2.17. The molecule has 0 aliphatic carbocycles. The second-order valence-electron chi connectivity index (χ2n) is 3.30. The maximum absolute atomic E-state index is 10.9. The summed E-state index contributed by atoms with van der Waals surface area (Å²) in [4.78, 5) is 18.1. The Morgan fingerprint density at radius 1 is 1.35 bits per heavy atom. The zero-order chi connectivity index (χ0) is 12.4. The zero-order valence-corrected chi connectivity index (χ0v) is 8.70. The molecule has 0 amide bonds. The SMILES string of the molecule is NC(N)=Nc1c([N+](=O)[O-])cnc2ccccc12. The highest BCUT2D eigenvalue weighted by Crippen LogP contribution is 2.33. The summed E-state index contributed by atoms with van der Waals surface area (Å²) in [5.41, 5.74) is 11.0. The number of nitro groups is 1. The monoisotopic (exact) mass is 231 g/mol. The van der Waals surface area contributed by atoms with Crippen molar-refractivity contribution in [3.8, 4) is 0 Å². The van der Waals surface area contributed by atoms with Gasteiger partial charge in [0.2, 0.25) is 0 Å². The molecule has 4 N–H and O–H groups in total. The summed E-state index contributed by atoms with van der Waals surface area (Å²) < 4.78 is 0. The molecule has 2 rings (SSSR count). The highest BCUT2D eigenvalue weighted by molar-refractivity contribution is 5.96. The number of hydrogen-bond acceptors (Lipinski definition) is 4. The number of hydrogen-bond donors (Lipinski definition) is 2. The normalized spacial score (nSPS) is 10.1. The minimum Gasteiger partial charge on any atom is -0.370 e. The van der Waals surface area contributed by atoms with E-state index in [4.69, 9.17) is 11.5 Å². The number of nitrogens with two attached hydrogens (primary N) is 2. The number of benzene rings is 1. The Morgan fingerprint density at radius 3 is 2.71 bits per heavy atom. The van der Waals surface area contributed by atoms with Crippen molar-refractivity contribution in [1.82, 2.24) is 4.98 Å². The second-order valence-corrected chi connectivity index (χ2v) is 3.30. The highest BCUT2D eigenvalue weighted by atomic mass is 16.6. The molecule has 0 unspecified atom stereocenters. The van der Waals surface area contributed by atoms with Crippen molar-refractivity contribution >= 4 is 28.2 Å². The molecule has 1 aromatic heterocycles. The molecule has 0 aliphatic rings. The van der Waals surface area contributed by atoms with Crippen molar-refractivity contribution in [2.45, 2.75) is 0 Å². The third-order valence-corrected chi connectivity index (χ3v) is 2.17. The summed E-state index contributed by atoms with van der Waals surface area (Å²) >= 11 is 0. The van der Waals surface area contributed by atoms with E-state index in [0.717, 1.165) is 6.20 Å². The third kappa shape index (κ3) is 1.98. The fourth-order valence-corrected chi connectivity index (χ4v) is 1.50. The summed E-state index contributed by atoms with van der Waals surface area (Å²) in [7, 11) is 0. The topological polar surface area (TPSA) is 120 Å². The maximum Gasteiger partial charge on any atom is 0.313 e. The Bertz CT molecular complexity index is 619. The van der Waals surface area contributed by atoms with Crippen LogP contribution in [0.4, 0.5) is 11.4 Å². The van der Waals surface area contributed by atoms with Gasteiger partial charge in [0.15, 0.2) is 11.6 Å². The summed E-state index contributed by atoms with van der Waals surface area (Å²) in [5, 5.41) is 11.4. The largest absolute Gasteiger partial charge is 0.370 e. The first-order chi connectivity index (χ1) is 8.09. The molecule has 0 saturated carbocycles. The fourth-order valence-electron chi connectivity index (χ4n) is 1.50. The zero-order valence-electron chi connectivity index (χ0n) is 8.70. The van der Waals surface area contributed by atoms with Crippen LogP contribution in [0.3, 0.4) is 0 Å². The number of guanidine groups is 1. The van der Waals surface area contributed by atoms with Crippen molar-refractivity contribution in [3.05, 3.63) is 40.6 Å². The number of aliphatic imine (C=N–C) groups is 1. The Kier molecular flexibility index (Phi) is 2.57. The van der Waals surface area contributed by atoms with Gasteiger partial charge in [0.25, 0.3) is 0 Å². The molecule has 17 heavy (non-hydrogen) atoms. The van der Waals surface area contributed by atoms with E-state index in [9.17, 15) is 10.1 Å². The summed E-state index contributed by atoms with van der Waals surface area (Å²) in [6, 6.07) is 6.92. The Morgan fingerprint density at radius 2 is 2.06 bits per heavy atom. The number of aromatic nitrogens is 1. The van der Waals surface area contributed by atoms with Crippen LogP contribution in [0, 0.1) is 10.1 Å². The number of rotatable bonds is 2. The Labute approximate surface area is 95.9 Å². The van der Waals surface area contributed by atoms with E-state index in [-0.39, 0.29) is 17.3 Å². The average molecular weight is 231 g/mol. The van der Waals surface area contributed by atoms with Gasteiger partial charge < -0.3 is 11.5 Å². The number of pyridine rings is 1. The smallest absolute Gasteiger partial charge is 0.313 e. The standard InChI is InChI=1S/C10H9N5O2/c11-10(12)14-9-6-3-1-2-4-7(6)13-5-8(9)15(16)17/h1-5H,(H4,11,12,13,14). The van der Waals surface area contributed by atoms with Gasteiger partial charge in [-0.2, -0.15) is 0 Å². The van der Waals surface area contributed by atoms with Gasteiger partial charge >= 0.3 is 5.69 Å². The van der Waals surface area contributed by atoms with Gasteiger partial charge in [-0.25, -0.2) is 9.98 Å². The fraction of sp³-hybridized carbons (Fsp3) is 0. The van der Waals surface area contributed by atoms with Crippen LogP contribution in [0.5, 0.6) is 0 Å². The molecule has 7 heteroatoms. The van der Waals surface area contributed by atoms with Crippen LogP contribution >= 0.6 is 0 Å². The summed E-state index contributed by atoms with van der Waals surface area (Å²) in [5.74, 6) is -0.232. The van der Waals surface area contributed by atoms with Crippen molar-refractivity contribution in [2.24, 2.45) is 16.5 Å². The average Bonchev–Trinajstić information content (AvgIpc) is 2.28. The first-order valence-corrected chi connectivity index (χ1v) is 4.71. The van der Waals surface area contributed by atoms with E-state index in [1.54, 1.807) is 24.3 Å². The molecule has 0 saturated heterocycles. The van der Waals surface area contributed by atoms with E-state index in [1.165, 1.54) is 0 Å². The lowest BCUT2D eigenvalue weighted by Gasteiger charge is -2.02. The van der Waals surface area contributed by atoms with E-state index < -0.39 is 4.92 Å². The molecule has 0 atom stereocenters. The molecule has 2 aromatic rings. The predicted molar refractivity (Wildman–Crippen MR) is 63.9 cm³/mol. The predicted octanol–water partition coefficient (Wildman–Crippen LogP) is 1.05. The van der Waals surface area contributed by atoms with E-state index in [0.29, 0.717) is 10.9 Å². The van der Waals surface area contributed by atoms with Crippen LogP contribution in [0.25, 0.3) is 10.9 Å². The van der Waals surface area contributed by atoms with Crippen LogP contribution in [-0.4, -0.2) is 15.9 Å². The van der Waals surface area contributed by atoms with Crippen molar-refractivity contribution in [3.63, 3.8) is 0 Å². The molecule has 1 heterocycles. The van der Waals surface area contributed by atoms with Gasteiger partial charge in [-0.3, -0.25) is 10.1 Å². The van der Waals surface area contributed by atoms with Crippen LogP contribution in [0.1, 0.15) is 0 Å². The van der Waals surface area contributed by atoms with Gasteiger partial charge in [0, 0.05) is 5.39 Å². The van der Waals surface area contributed by atoms with Gasteiger partial charge in [-0.15, -0.1) is 0 Å². The molecule has 0 bridgehead atoms. The first kappa shape index (κ1) is 10.8. The number of fused-ring (bicyclic) bond motifs is 1. The van der Waals surface area contributed by atoms with Gasteiger partial charge in [-0.05, 0) is 6.07 Å². The maximum atomic E-state index is 10.9. The lowest BCUT2D eigenvalue weighted by Crippen LogP contribution is -2.22. The molecule has 0 fully saturated rings.